The minimum Gasteiger partial charge on any atom is -0.381 e. The van der Waals surface area contributed by atoms with Gasteiger partial charge in [0.25, 0.3) is 0 Å². The molecule has 0 atom stereocenters. The van der Waals surface area contributed by atoms with Crippen LogP contribution in [0.2, 0.25) is 0 Å². The molecule has 1 heterocycles. The normalized spacial score (nSPS) is 24.0. The second kappa shape index (κ2) is 7.30. The molecule has 3 fully saturated rings. The van der Waals surface area contributed by atoms with Crippen LogP contribution < -0.4 is 10.6 Å². The Bertz CT molecular complexity index is 498. The Kier molecular flexibility index (Phi) is 5.16. The molecule has 1 aliphatic heterocycles. The SMILES string of the molecule is O=C(/C=C/C1CC1)NCC1(NC(=O)/C=C/C2CC2)CCOCC1. The molecule has 126 valence electrons. The Hall–Kier alpha value is -1.62. The number of ether oxygens (including phenoxy) is 1. The summed E-state index contributed by atoms with van der Waals surface area (Å²) in [6, 6.07) is 0. The number of allylic oxidation sites excluding steroid dienone is 2. The van der Waals surface area contributed by atoms with Gasteiger partial charge in [0, 0.05) is 19.8 Å². The molecule has 0 radical (unpaired) electrons. The van der Waals surface area contributed by atoms with Crippen molar-refractivity contribution in [2.45, 2.75) is 44.1 Å². The molecule has 1 saturated heterocycles. The first-order chi connectivity index (χ1) is 11.2. The summed E-state index contributed by atoms with van der Waals surface area (Å²) in [4.78, 5) is 24.1. The molecule has 0 bridgehead atoms. The zero-order valence-corrected chi connectivity index (χ0v) is 13.6. The van der Waals surface area contributed by atoms with E-state index in [-0.39, 0.29) is 11.8 Å². The molecule has 0 spiro atoms. The third-order valence-corrected chi connectivity index (χ3v) is 4.72. The van der Waals surface area contributed by atoms with Gasteiger partial charge in [-0.3, -0.25) is 9.59 Å². The fraction of sp³-hybridized carbons (Fsp3) is 0.667. The molecule has 5 heteroatoms. The van der Waals surface area contributed by atoms with E-state index in [0.717, 1.165) is 12.8 Å². The lowest BCUT2D eigenvalue weighted by Crippen LogP contribution is -2.58. The minimum atomic E-state index is -0.397. The van der Waals surface area contributed by atoms with E-state index in [1.807, 2.05) is 12.2 Å². The Balaban J connectivity index is 1.52. The van der Waals surface area contributed by atoms with Crippen molar-refractivity contribution in [1.29, 1.82) is 0 Å². The first-order valence-corrected chi connectivity index (χ1v) is 8.69. The average Bonchev–Trinajstić information content (AvgIpc) is 3.45. The highest BCUT2D eigenvalue weighted by Crippen LogP contribution is 2.30. The molecule has 0 aromatic heterocycles. The summed E-state index contributed by atoms with van der Waals surface area (Å²) >= 11 is 0. The highest BCUT2D eigenvalue weighted by molar-refractivity contribution is 5.89. The van der Waals surface area contributed by atoms with Gasteiger partial charge in [0.15, 0.2) is 0 Å². The quantitative estimate of drug-likeness (QED) is 0.702. The fourth-order valence-electron chi connectivity index (χ4n) is 2.75. The van der Waals surface area contributed by atoms with Crippen LogP contribution in [0.4, 0.5) is 0 Å². The molecule has 5 nitrogen and oxygen atoms in total. The summed E-state index contributed by atoms with van der Waals surface area (Å²) in [5.74, 6) is 1.02. The average molecular weight is 318 g/mol. The minimum absolute atomic E-state index is 0.0680. The molecule has 0 aromatic rings. The van der Waals surface area contributed by atoms with Crippen molar-refractivity contribution in [2.24, 2.45) is 11.8 Å². The zero-order chi connectivity index (χ0) is 16.1. The molecular formula is C18H26N2O3. The Morgan fingerprint density at radius 3 is 2.09 bits per heavy atom. The van der Waals surface area contributed by atoms with Gasteiger partial charge in [0.05, 0.1) is 5.54 Å². The van der Waals surface area contributed by atoms with E-state index in [4.69, 9.17) is 4.74 Å². The number of rotatable bonds is 7. The Labute approximate surface area is 137 Å². The van der Waals surface area contributed by atoms with Gasteiger partial charge in [-0.15, -0.1) is 0 Å². The van der Waals surface area contributed by atoms with Crippen LogP contribution in [0.5, 0.6) is 0 Å². The summed E-state index contributed by atoms with van der Waals surface area (Å²) in [6.45, 7) is 1.67. The number of carbonyl (C=O) groups excluding carboxylic acids is 2. The van der Waals surface area contributed by atoms with E-state index in [2.05, 4.69) is 10.6 Å². The van der Waals surface area contributed by atoms with Crippen molar-refractivity contribution >= 4 is 11.8 Å². The van der Waals surface area contributed by atoms with Crippen LogP contribution in [0.3, 0.4) is 0 Å². The van der Waals surface area contributed by atoms with Crippen LogP contribution in [0, 0.1) is 11.8 Å². The summed E-state index contributed by atoms with van der Waals surface area (Å²) in [6.07, 6.45) is 13.4. The van der Waals surface area contributed by atoms with E-state index >= 15 is 0 Å². The third-order valence-electron chi connectivity index (χ3n) is 4.72. The van der Waals surface area contributed by atoms with E-state index in [9.17, 15) is 9.59 Å². The van der Waals surface area contributed by atoms with Crippen LogP contribution in [0.1, 0.15) is 38.5 Å². The van der Waals surface area contributed by atoms with Crippen LogP contribution in [-0.4, -0.2) is 37.1 Å². The maximum absolute atomic E-state index is 12.2. The van der Waals surface area contributed by atoms with Gasteiger partial charge < -0.3 is 15.4 Å². The van der Waals surface area contributed by atoms with Gasteiger partial charge >= 0.3 is 0 Å². The topological polar surface area (TPSA) is 67.4 Å². The van der Waals surface area contributed by atoms with Crippen molar-refractivity contribution in [1.82, 2.24) is 10.6 Å². The maximum atomic E-state index is 12.2. The number of nitrogens with one attached hydrogen (secondary N) is 2. The van der Waals surface area contributed by atoms with E-state index in [1.54, 1.807) is 12.2 Å². The lowest BCUT2D eigenvalue weighted by molar-refractivity contribution is -0.121. The summed E-state index contributed by atoms with van der Waals surface area (Å²) < 4.78 is 5.41. The number of hydrogen-bond acceptors (Lipinski definition) is 3. The van der Waals surface area contributed by atoms with Gasteiger partial charge in [-0.1, -0.05) is 12.2 Å². The van der Waals surface area contributed by atoms with Crippen LogP contribution in [0.25, 0.3) is 0 Å². The predicted octanol–water partition coefficient (Wildman–Crippen LogP) is 1.70. The standard InChI is InChI=1S/C18H26N2O3/c21-16(7-5-14-1-2-14)19-13-18(9-11-23-12-10-18)20-17(22)8-6-15-3-4-15/h5-8,14-15H,1-4,9-13H2,(H,19,21)(H,20,22)/b7-5+,8-6+. The third kappa shape index (κ3) is 5.50. The van der Waals surface area contributed by atoms with Crippen LogP contribution >= 0.6 is 0 Å². The van der Waals surface area contributed by atoms with Crippen molar-refractivity contribution < 1.29 is 14.3 Å². The molecule has 0 aromatic carbocycles. The molecule has 23 heavy (non-hydrogen) atoms. The Morgan fingerprint density at radius 1 is 0.957 bits per heavy atom. The smallest absolute Gasteiger partial charge is 0.244 e. The van der Waals surface area contributed by atoms with E-state index < -0.39 is 5.54 Å². The molecule has 2 N–H and O–H groups in total. The van der Waals surface area contributed by atoms with Gasteiger partial charge in [-0.05, 0) is 62.5 Å². The van der Waals surface area contributed by atoms with E-state index in [1.165, 1.54) is 25.7 Å². The van der Waals surface area contributed by atoms with Crippen molar-refractivity contribution in [3.63, 3.8) is 0 Å². The first-order valence-electron chi connectivity index (χ1n) is 8.69. The number of amides is 2. The first kappa shape index (κ1) is 16.2. The molecule has 2 amide bonds. The fourth-order valence-corrected chi connectivity index (χ4v) is 2.75. The number of hydrogen-bond donors (Lipinski definition) is 2. The summed E-state index contributed by atoms with van der Waals surface area (Å²) in [7, 11) is 0. The highest BCUT2D eigenvalue weighted by Gasteiger charge is 2.34. The lowest BCUT2D eigenvalue weighted by atomic mass is 9.89. The second-order valence-corrected chi connectivity index (χ2v) is 6.99. The maximum Gasteiger partial charge on any atom is 0.244 e. The highest BCUT2D eigenvalue weighted by atomic mass is 16.5. The molecule has 2 saturated carbocycles. The second-order valence-electron chi connectivity index (χ2n) is 6.99. The summed E-state index contributed by atoms with van der Waals surface area (Å²) in [5, 5.41) is 6.04. The van der Waals surface area contributed by atoms with Crippen LogP contribution in [-0.2, 0) is 14.3 Å². The predicted molar refractivity (Wildman–Crippen MR) is 87.7 cm³/mol. The number of carbonyl (C=O) groups is 2. The zero-order valence-electron chi connectivity index (χ0n) is 13.6. The van der Waals surface area contributed by atoms with Crippen molar-refractivity contribution in [2.75, 3.05) is 19.8 Å². The Morgan fingerprint density at radius 2 is 1.52 bits per heavy atom. The van der Waals surface area contributed by atoms with Crippen molar-refractivity contribution in [3.8, 4) is 0 Å². The van der Waals surface area contributed by atoms with Gasteiger partial charge in [0.1, 0.15) is 0 Å². The molecular weight excluding hydrogens is 292 g/mol. The van der Waals surface area contributed by atoms with Gasteiger partial charge in [-0.25, -0.2) is 0 Å². The molecule has 3 rings (SSSR count). The van der Waals surface area contributed by atoms with Crippen molar-refractivity contribution in [3.05, 3.63) is 24.3 Å². The molecule has 3 aliphatic rings. The molecule has 0 unspecified atom stereocenters. The van der Waals surface area contributed by atoms with Crippen LogP contribution in [0.15, 0.2) is 24.3 Å². The lowest BCUT2D eigenvalue weighted by Gasteiger charge is -2.37. The monoisotopic (exact) mass is 318 g/mol. The van der Waals surface area contributed by atoms with Gasteiger partial charge in [0.2, 0.25) is 11.8 Å². The van der Waals surface area contributed by atoms with E-state index in [0.29, 0.717) is 31.6 Å². The molecule has 2 aliphatic carbocycles. The van der Waals surface area contributed by atoms with Gasteiger partial charge in [-0.2, -0.15) is 0 Å². The summed E-state index contributed by atoms with van der Waals surface area (Å²) in [5.41, 5.74) is -0.397. The largest absolute Gasteiger partial charge is 0.381 e.